The lowest BCUT2D eigenvalue weighted by Crippen LogP contribution is -2.21. The summed E-state index contributed by atoms with van der Waals surface area (Å²) in [5.41, 5.74) is 1.27. The normalized spacial score (nSPS) is 10.9. The maximum Gasteiger partial charge on any atom is 0.0551 e. The van der Waals surface area contributed by atoms with Crippen LogP contribution in [0.15, 0.2) is 22.7 Å². The van der Waals surface area contributed by atoms with Crippen LogP contribution in [0.5, 0.6) is 0 Å². The maximum atomic E-state index is 6.02. The van der Waals surface area contributed by atoms with Crippen LogP contribution in [0, 0.1) is 0 Å². The zero-order valence-corrected chi connectivity index (χ0v) is 10.9. The van der Waals surface area contributed by atoms with Gasteiger partial charge < -0.3 is 0 Å². The number of benzene rings is 1. The topological polar surface area (TPSA) is 3.24 Å². The molecule has 0 aromatic heterocycles. The molecule has 1 aromatic carbocycles. The Morgan fingerprint density at radius 1 is 1.29 bits per heavy atom. The standard InChI is InChI=1S/C11H15BrClN/c1-3-14(4-2)8-9-5-6-10(12)11(13)7-9/h5-7H,3-4,8H2,1-2H3. The Kier molecular flexibility index (Phi) is 4.93. The SMILES string of the molecule is CCN(CC)Cc1ccc(Br)c(Cl)c1. The molecule has 14 heavy (non-hydrogen) atoms. The Morgan fingerprint density at radius 2 is 1.93 bits per heavy atom. The molecule has 0 atom stereocenters. The molecule has 0 spiro atoms. The molecule has 0 fully saturated rings. The van der Waals surface area contributed by atoms with Crippen molar-refractivity contribution in [2.75, 3.05) is 13.1 Å². The zero-order chi connectivity index (χ0) is 10.6. The van der Waals surface area contributed by atoms with Crippen LogP contribution in [0.25, 0.3) is 0 Å². The van der Waals surface area contributed by atoms with E-state index in [1.165, 1.54) is 5.56 Å². The highest BCUT2D eigenvalue weighted by Crippen LogP contribution is 2.23. The molecule has 1 aromatic rings. The highest BCUT2D eigenvalue weighted by Gasteiger charge is 2.03. The molecule has 0 radical (unpaired) electrons. The van der Waals surface area contributed by atoms with Gasteiger partial charge in [-0.2, -0.15) is 0 Å². The molecule has 0 N–H and O–H groups in total. The minimum Gasteiger partial charge on any atom is -0.300 e. The quantitative estimate of drug-likeness (QED) is 0.805. The van der Waals surface area contributed by atoms with Gasteiger partial charge in [-0.15, -0.1) is 0 Å². The van der Waals surface area contributed by atoms with Gasteiger partial charge in [-0.05, 0) is 46.7 Å². The molecule has 0 unspecified atom stereocenters. The van der Waals surface area contributed by atoms with Crippen LogP contribution in [0.3, 0.4) is 0 Å². The zero-order valence-electron chi connectivity index (χ0n) is 8.56. The van der Waals surface area contributed by atoms with Crippen LogP contribution in [0.1, 0.15) is 19.4 Å². The Labute approximate surface area is 99.2 Å². The highest BCUT2D eigenvalue weighted by atomic mass is 79.9. The second-order valence-corrected chi connectivity index (χ2v) is 4.47. The van der Waals surface area contributed by atoms with Crippen LogP contribution in [0.4, 0.5) is 0 Å². The van der Waals surface area contributed by atoms with E-state index in [2.05, 4.69) is 40.7 Å². The number of halogens is 2. The first-order valence-electron chi connectivity index (χ1n) is 4.83. The van der Waals surface area contributed by atoms with Gasteiger partial charge in [0.25, 0.3) is 0 Å². The van der Waals surface area contributed by atoms with E-state index in [4.69, 9.17) is 11.6 Å². The molecule has 0 amide bonds. The molecular formula is C11H15BrClN. The van der Waals surface area contributed by atoms with E-state index in [0.717, 1.165) is 29.1 Å². The predicted octanol–water partition coefficient (Wildman–Crippen LogP) is 3.94. The smallest absolute Gasteiger partial charge is 0.0551 e. The van der Waals surface area contributed by atoms with Gasteiger partial charge in [0.1, 0.15) is 0 Å². The lowest BCUT2D eigenvalue weighted by Gasteiger charge is -2.18. The third-order valence-corrected chi connectivity index (χ3v) is 3.52. The summed E-state index contributed by atoms with van der Waals surface area (Å²) < 4.78 is 0.961. The molecule has 3 heteroatoms. The predicted molar refractivity (Wildman–Crippen MR) is 65.8 cm³/mol. The van der Waals surface area contributed by atoms with Crippen molar-refractivity contribution in [3.05, 3.63) is 33.3 Å². The number of rotatable bonds is 4. The average Bonchev–Trinajstić information content (AvgIpc) is 2.19. The van der Waals surface area contributed by atoms with E-state index in [0.29, 0.717) is 0 Å². The van der Waals surface area contributed by atoms with E-state index in [1.807, 2.05) is 12.1 Å². The van der Waals surface area contributed by atoms with E-state index in [9.17, 15) is 0 Å². The Hall–Kier alpha value is -0.0500. The van der Waals surface area contributed by atoms with Gasteiger partial charge in [-0.25, -0.2) is 0 Å². The van der Waals surface area contributed by atoms with Gasteiger partial charge in [-0.3, -0.25) is 4.90 Å². The molecule has 78 valence electrons. The van der Waals surface area contributed by atoms with E-state index < -0.39 is 0 Å². The van der Waals surface area contributed by atoms with Crippen molar-refractivity contribution in [1.29, 1.82) is 0 Å². The molecule has 0 saturated heterocycles. The van der Waals surface area contributed by atoms with Gasteiger partial charge in [-0.1, -0.05) is 31.5 Å². The number of hydrogen-bond donors (Lipinski definition) is 0. The minimum atomic E-state index is 0.787. The van der Waals surface area contributed by atoms with Gasteiger partial charge in [0.15, 0.2) is 0 Å². The first-order chi connectivity index (χ1) is 6.67. The first-order valence-corrected chi connectivity index (χ1v) is 6.00. The van der Waals surface area contributed by atoms with Gasteiger partial charge in [0, 0.05) is 11.0 Å². The van der Waals surface area contributed by atoms with Crippen LogP contribution in [-0.4, -0.2) is 18.0 Å². The Bertz CT molecular complexity index is 297. The fourth-order valence-electron chi connectivity index (χ4n) is 1.34. The highest BCUT2D eigenvalue weighted by molar-refractivity contribution is 9.10. The molecule has 0 heterocycles. The monoisotopic (exact) mass is 275 g/mol. The molecule has 0 aliphatic rings. The van der Waals surface area contributed by atoms with E-state index in [-0.39, 0.29) is 0 Å². The Morgan fingerprint density at radius 3 is 2.43 bits per heavy atom. The van der Waals surface area contributed by atoms with Gasteiger partial charge >= 0.3 is 0 Å². The molecule has 0 aliphatic carbocycles. The second kappa shape index (κ2) is 5.74. The van der Waals surface area contributed by atoms with Crippen molar-refractivity contribution in [3.63, 3.8) is 0 Å². The van der Waals surface area contributed by atoms with Crippen molar-refractivity contribution in [3.8, 4) is 0 Å². The van der Waals surface area contributed by atoms with Crippen LogP contribution in [-0.2, 0) is 6.54 Å². The second-order valence-electron chi connectivity index (χ2n) is 3.21. The van der Waals surface area contributed by atoms with Crippen molar-refractivity contribution >= 4 is 27.5 Å². The Balaban J connectivity index is 2.72. The summed E-state index contributed by atoms with van der Waals surface area (Å²) in [7, 11) is 0. The van der Waals surface area contributed by atoms with Crippen LogP contribution >= 0.6 is 27.5 Å². The summed E-state index contributed by atoms with van der Waals surface area (Å²) in [4.78, 5) is 2.36. The summed E-state index contributed by atoms with van der Waals surface area (Å²) >= 11 is 9.40. The summed E-state index contributed by atoms with van der Waals surface area (Å²) in [6.07, 6.45) is 0. The first kappa shape index (κ1) is 12.0. The van der Waals surface area contributed by atoms with E-state index >= 15 is 0 Å². The van der Waals surface area contributed by atoms with Crippen molar-refractivity contribution in [1.82, 2.24) is 4.90 Å². The molecule has 1 rings (SSSR count). The van der Waals surface area contributed by atoms with Crippen molar-refractivity contribution in [2.24, 2.45) is 0 Å². The summed E-state index contributed by atoms with van der Waals surface area (Å²) in [5.74, 6) is 0. The fourth-order valence-corrected chi connectivity index (χ4v) is 1.79. The number of nitrogens with zero attached hydrogens (tertiary/aromatic N) is 1. The molecule has 0 saturated carbocycles. The fraction of sp³-hybridized carbons (Fsp3) is 0.455. The average molecular weight is 277 g/mol. The third kappa shape index (κ3) is 3.26. The largest absolute Gasteiger partial charge is 0.300 e. The lowest BCUT2D eigenvalue weighted by molar-refractivity contribution is 0.296. The van der Waals surface area contributed by atoms with Crippen molar-refractivity contribution in [2.45, 2.75) is 20.4 Å². The summed E-state index contributed by atoms with van der Waals surface area (Å²) in [6, 6.07) is 6.12. The summed E-state index contributed by atoms with van der Waals surface area (Å²) in [6.45, 7) is 7.46. The molecular weight excluding hydrogens is 261 g/mol. The molecule has 0 aliphatic heterocycles. The van der Waals surface area contributed by atoms with Crippen LogP contribution in [0.2, 0.25) is 5.02 Å². The maximum absolute atomic E-state index is 6.02. The summed E-state index contributed by atoms with van der Waals surface area (Å²) in [5, 5.41) is 0.787. The van der Waals surface area contributed by atoms with Gasteiger partial charge in [0.2, 0.25) is 0 Å². The number of hydrogen-bond acceptors (Lipinski definition) is 1. The van der Waals surface area contributed by atoms with Gasteiger partial charge in [0.05, 0.1) is 5.02 Å². The molecule has 1 nitrogen and oxygen atoms in total. The molecule has 0 bridgehead atoms. The third-order valence-electron chi connectivity index (χ3n) is 2.28. The lowest BCUT2D eigenvalue weighted by atomic mass is 10.2. The van der Waals surface area contributed by atoms with Crippen molar-refractivity contribution < 1.29 is 0 Å². The van der Waals surface area contributed by atoms with E-state index in [1.54, 1.807) is 0 Å². The minimum absolute atomic E-state index is 0.787. The van der Waals surface area contributed by atoms with Crippen LogP contribution < -0.4 is 0 Å².